The quantitative estimate of drug-likeness (QED) is 0.173. The largest absolute Gasteiger partial charge is 0.484 e. The number of nitrogens with two attached hydrogens (primary N) is 1. The van der Waals surface area contributed by atoms with E-state index in [1.54, 1.807) is 29.2 Å². The van der Waals surface area contributed by atoms with Gasteiger partial charge in [0.15, 0.2) is 12.4 Å². The van der Waals surface area contributed by atoms with Gasteiger partial charge in [-0.1, -0.05) is 97.1 Å². The van der Waals surface area contributed by atoms with Crippen LogP contribution in [0.1, 0.15) is 46.7 Å². The standard InChI is InChI=1S/C41H43N3O6/c42-38(47)26-50-35-17-15-29(16-18-35)19-31(40(48)43-39-36-14-8-7-13-30(36)24-37(39)46)23-34(45)25-44-33(21-28-11-5-2-6-12-28)22-32(41(44)49)20-27-9-3-1-4-10-27/h1-18,31-33,37,39,46H,19-26H2,(H2,42,47)(H,43,48)/t31-,32+,33+,37-,39?/m1/s1. The molecule has 1 fully saturated rings. The predicted molar refractivity (Wildman–Crippen MR) is 189 cm³/mol. The minimum atomic E-state index is -0.781. The molecule has 6 rings (SSSR count). The van der Waals surface area contributed by atoms with Gasteiger partial charge in [0.05, 0.1) is 18.7 Å². The lowest BCUT2D eigenvalue weighted by atomic mass is 9.92. The molecule has 4 aromatic carbocycles. The fourth-order valence-electron chi connectivity index (χ4n) is 7.29. The number of aliphatic hydroxyl groups is 1. The van der Waals surface area contributed by atoms with Crippen LogP contribution in [0, 0.1) is 11.8 Å². The molecule has 0 radical (unpaired) electrons. The van der Waals surface area contributed by atoms with Gasteiger partial charge in [-0.15, -0.1) is 0 Å². The number of carbonyl (C=O) groups is 4. The molecule has 0 aromatic heterocycles. The number of nitrogens with one attached hydrogen (secondary N) is 1. The Balaban J connectivity index is 1.19. The molecule has 1 aliphatic carbocycles. The number of fused-ring (bicyclic) bond motifs is 1. The Morgan fingerprint density at radius 3 is 2.16 bits per heavy atom. The lowest BCUT2D eigenvalue weighted by Crippen LogP contribution is -2.42. The summed E-state index contributed by atoms with van der Waals surface area (Å²) < 4.78 is 5.38. The monoisotopic (exact) mass is 673 g/mol. The molecule has 1 heterocycles. The summed E-state index contributed by atoms with van der Waals surface area (Å²) in [6.45, 7) is -0.336. The molecule has 5 atom stereocenters. The number of ether oxygens (including phenoxy) is 1. The number of likely N-dealkylation sites (tertiary alicyclic amines) is 1. The number of amides is 3. The van der Waals surface area contributed by atoms with Gasteiger partial charge in [0, 0.05) is 30.7 Å². The zero-order chi connectivity index (χ0) is 35.0. The van der Waals surface area contributed by atoms with Crippen LogP contribution in [0.2, 0.25) is 0 Å². The molecular formula is C41H43N3O6. The van der Waals surface area contributed by atoms with Crippen LogP contribution >= 0.6 is 0 Å². The van der Waals surface area contributed by atoms with Crippen LogP contribution in [-0.2, 0) is 44.9 Å². The van der Waals surface area contributed by atoms with Crippen molar-refractivity contribution in [3.8, 4) is 5.75 Å². The summed E-state index contributed by atoms with van der Waals surface area (Å²) in [4.78, 5) is 54.7. The molecular weight excluding hydrogens is 630 g/mol. The Morgan fingerprint density at radius 1 is 0.840 bits per heavy atom. The molecule has 9 heteroatoms. The van der Waals surface area contributed by atoms with Gasteiger partial charge in [0.2, 0.25) is 11.8 Å². The minimum Gasteiger partial charge on any atom is -0.484 e. The van der Waals surface area contributed by atoms with Crippen molar-refractivity contribution in [1.82, 2.24) is 10.2 Å². The van der Waals surface area contributed by atoms with E-state index < -0.39 is 24.0 Å². The van der Waals surface area contributed by atoms with Crippen molar-refractivity contribution in [2.24, 2.45) is 17.6 Å². The molecule has 9 nitrogen and oxygen atoms in total. The summed E-state index contributed by atoms with van der Waals surface area (Å²) in [6, 6.07) is 33.8. The van der Waals surface area contributed by atoms with Crippen LogP contribution in [0.4, 0.5) is 0 Å². The Kier molecular flexibility index (Phi) is 11.0. The second-order valence-electron chi connectivity index (χ2n) is 13.4. The smallest absolute Gasteiger partial charge is 0.255 e. The highest BCUT2D eigenvalue weighted by molar-refractivity contribution is 5.92. The maximum Gasteiger partial charge on any atom is 0.255 e. The number of Topliss-reactive ketones (excluding diaryl/α,β-unsaturated/α-hetero) is 1. The Labute approximate surface area is 292 Å². The summed E-state index contributed by atoms with van der Waals surface area (Å²) >= 11 is 0. The maximum atomic E-state index is 14.0. The number of carbonyl (C=O) groups excluding carboxylic acids is 4. The first-order valence-corrected chi connectivity index (χ1v) is 17.2. The number of rotatable bonds is 15. The van der Waals surface area contributed by atoms with Gasteiger partial charge < -0.3 is 25.8 Å². The third kappa shape index (κ3) is 8.65. The number of hydrogen-bond donors (Lipinski definition) is 3. The molecule has 4 N–H and O–H groups in total. The van der Waals surface area contributed by atoms with E-state index in [0.29, 0.717) is 31.4 Å². The second kappa shape index (κ2) is 16.0. The third-order valence-electron chi connectivity index (χ3n) is 9.75. The van der Waals surface area contributed by atoms with Gasteiger partial charge in [-0.25, -0.2) is 0 Å². The fourth-order valence-corrected chi connectivity index (χ4v) is 7.29. The van der Waals surface area contributed by atoms with Crippen LogP contribution in [-0.4, -0.2) is 58.8 Å². The Morgan fingerprint density at radius 2 is 1.48 bits per heavy atom. The SMILES string of the molecule is NC(=O)COc1ccc(C[C@H](CC(=O)CN2C(=O)[C@@H](Cc3ccccc3)C[C@@H]2Cc2ccccc2)C(=O)NC2c3ccccc3C[C@H]2O)cc1. The van der Waals surface area contributed by atoms with Gasteiger partial charge in [0.1, 0.15) is 5.75 Å². The molecule has 0 saturated carbocycles. The summed E-state index contributed by atoms with van der Waals surface area (Å²) in [5, 5.41) is 13.9. The third-order valence-corrected chi connectivity index (χ3v) is 9.75. The number of hydrogen-bond acceptors (Lipinski definition) is 6. The molecule has 1 aliphatic heterocycles. The number of ketones is 1. The van der Waals surface area contributed by atoms with Crippen molar-refractivity contribution < 1.29 is 29.0 Å². The van der Waals surface area contributed by atoms with E-state index in [-0.39, 0.29) is 55.6 Å². The molecule has 3 amide bonds. The van der Waals surface area contributed by atoms with Crippen molar-refractivity contribution in [3.63, 3.8) is 0 Å². The van der Waals surface area contributed by atoms with Gasteiger partial charge in [-0.05, 0) is 65.6 Å². The average molecular weight is 674 g/mol. The summed E-state index contributed by atoms with van der Waals surface area (Å²) in [5.74, 6) is -1.72. The van der Waals surface area contributed by atoms with Gasteiger partial charge in [0.25, 0.3) is 5.91 Å². The van der Waals surface area contributed by atoms with Crippen molar-refractivity contribution in [2.75, 3.05) is 13.2 Å². The van der Waals surface area contributed by atoms with Crippen molar-refractivity contribution >= 4 is 23.5 Å². The molecule has 1 saturated heterocycles. The molecule has 2 aliphatic rings. The minimum absolute atomic E-state index is 0.0404. The van der Waals surface area contributed by atoms with E-state index in [1.165, 1.54) is 0 Å². The van der Waals surface area contributed by atoms with Crippen molar-refractivity contribution in [2.45, 2.75) is 56.7 Å². The fraction of sp³-hybridized carbons (Fsp3) is 0.317. The highest BCUT2D eigenvalue weighted by atomic mass is 16.5. The van der Waals surface area contributed by atoms with Crippen molar-refractivity contribution in [1.29, 1.82) is 0 Å². The zero-order valence-corrected chi connectivity index (χ0v) is 27.9. The van der Waals surface area contributed by atoms with Crippen LogP contribution in [0.3, 0.4) is 0 Å². The molecule has 4 aromatic rings. The van der Waals surface area contributed by atoms with E-state index in [1.807, 2.05) is 84.9 Å². The topological polar surface area (TPSA) is 139 Å². The van der Waals surface area contributed by atoms with Crippen LogP contribution < -0.4 is 15.8 Å². The average Bonchev–Trinajstić information content (AvgIpc) is 3.58. The first kappa shape index (κ1) is 34.6. The Hall–Kier alpha value is -5.28. The second-order valence-corrected chi connectivity index (χ2v) is 13.4. The van der Waals surface area contributed by atoms with Gasteiger partial charge >= 0.3 is 0 Å². The van der Waals surface area contributed by atoms with Gasteiger partial charge in [-0.3, -0.25) is 19.2 Å². The highest BCUT2D eigenvalue weighted by Crippen LogP contribution is 2.33. The number of nitrogens with zero attached hydrogens (tertiary/aromatic N) is 1. The summed E-state index contributed by atoms with van der Waals surface area (Å²) in [5.41, 5.74) is 10.0. The van der Waals surface area contributed by atoms with Crippen molar-refractivity contribution in [3.05, 3.63) is 137 Å². The molecule has 50 heavy (non-hydrogen) atoms. The molecule has 258 valence electrons. The number of benzene rings is 4. The van der Waals surface area contributed by atoms with E-state index in [9.17, 15) is 24.3 Å². The zero-order valence-electron chi connectivity index (χ0n) is 27.9. The lowest BCUT2D eigenvalue weighted by molar-refractivity contribution is -0.137. The van der Waals surface area contributed by atoms with E-state index >= 15 is 0 Å². The summed E-state index contributed by atoms with van der Waals surface area (Å²) in [6.07, 6.45) is 1.70. The molecule has 0 bridgehead atoms. The predicted octanol–water partition coefficient (Wildman–Crippen LogP) is 4.15. The van der Waals surface area contributed by atoms with E-state index in [4.69, 9.17) is 10.5 Å². The molecule has 1 unspecified atom stereocenters. The first-order valence-electron chi connectivity index (χ1n) is 17.2. The van der Waals surface area contributed by atoms with E-state index in [2.05, 4.69) is 5.32 Å². The Bertz CT molecular complexity index is 1800. The highest BCUT2D eigenvalue weighted by Gasteiger charge is 2.41. The normalized spacial score (nSPS) is 20.3. The summed E-state index contributed by atoms with van der Waals surface area (Å²) in [7, 11) is 0. The van der Waals surface area contributed by atoms with Gasteiger partial charge in [-0.2, -0.15) is 0 Å². The van der Waals surface area contributed by atoms with Crippen LogP contribution in [0.5, 0.6) is 5.75 Å². The molecule has 0 spiro atoms. The number of primary amides is 1. The van der Waals surface area contributed by atoms with Crippen LogP contribution in [0.25, 0.3) is 0 Å². The maximum absolute atomic E-state index is 14.0. The van der Waals surface area contributed by atoms with E-state index in [0.717, 1.165) is 27.8 Å². The van der Waals surface area contributed by atoms with Crippen LogP contribution in [0.15, 0.2) is 109 Å². The number of aliphatic hydroxyl groups excluding tert-OH is 1. The first-order chi connectivity index (χ1) is 24.2. The lowest BCUT2D eigenvalue weighted by Gasteiger charge is -2.26.